The first-order valence-electron chi connectivity index (χ1n) is 5.52. The van der Waals surface area contributed by atoms with Gasteiger partial charge in [0.2, 0.25) is 6.10 Å². The second-order valence-corrected chi connectivity index (χ2v) is 4.18. The Balaban J connectivity index is 2.23. The summed E-state index contributed by atoms with van der Waals surface area (Å²) in [7, 11) is 3.01. The van der Waals surface area contributed by atoms with E-state index in [1.165, 1.54) is 22.6 Å². The fourth-order valence-electron chi connectivity index (χ4n) is 1.60. The number of hydrogen-bond acceptors (Lipinski definition) is 4. The summed E-state index contributed by atoms with van der Waals surface area (Å²) >= 11 is 0. The highest BCUT2D eigenvalue weighted by molar-refractivity contribution is 5.88. The van der Waals surface area contributed by atoms with Crippen LogP contribution in [0.4, 0.5) is 13.2 Å². The zero-order valence-electron chi connectivity index (χ0n) is 10.6. The van der Waals surface area contributed by atoms with E-state index in [1.54, 1.807) is 7.05 Å². The molecule has 1 unspecified atom stereocenters. The maximum atomic E-state index is 13.0. The summed E-state index contributed by atoms with van der Waals surface area (Å²) in [4.78, 5) is 11.7. The zero-order valence-corrected chi connectivity index (χ0v) is 10.6. The van der Waals surface area contributed by atoms with E-state index >= 15 is 0 Å². The average Bonchev–Trinajstić information content (AvgIpc) is 2.93. The van der Waals surface area contributed by atoms with E-state index in [4.69, 9.17) is 0 Å². The van der Waals surface area contributed by atoms with E-state index in [-0.39, 0.29) is 11.1 Å². The first-order valence-corrected chi connectivity index (χ1v) is 5.52. The van der Waals surface area contributed by atoms with E-state index in [1.807, 2.05) is 0 Å². The quantitative estimate of drug-likeness (QED) is 0.805. The zero-order chi connectivity index (χ0) is 14.9. The van der Waals surface area contributed by atoms with Gasteiger partial charge in [0.05, 0.1) is 18.0 Å². The van der Waals surface area contributed by atoms with Crippen LogP contribution >= 0.6 is 0 Å². The highest BCUT2D eigenvalue weighted by Crippen LogP contribution is 2.36. The standard InChI is InChI=1S/C11H11F3N4O2/c1-17-5-7(3-15-17)9(11(12,13)14)20-10(19)8-4-16-18(2)6-8/h3-6,9H,1-2H3. The van der Waals surface area contributed by atoms with E-state index in [0.29, 0.717) is 0 Å². The van der Waals surface area contributed by atoms with Crippen LogP contribution in [0, 0.1) is 0 Å². The molecule has 0 aliphatic rings. The minimum Gasteiger partial charge on any atom is -0.444 e. The van der Waals surface area contributed by atoms with Crippen molar-refractivity contribution >= 4 is 5.97 Å². The van der Waals surface area contributed by atoms with Crippen LogP contribution in [0.25, 0.3) is 0 Å². The summed E-state index contributed by atoms with van der Waals surface area (Å²) in [6.45, 7) is 0. The second-order valence-electron chi connectivity index (χ2n) is 4.18. The fraction of sp³-hybridized carbons (Fsp3) is 0.364. The summed E-state index contributed by atoms with van der Waals surface area (Å²) < 4.78 is 45.9. The summed E-state index contributed by atoms with van der Waals surface area (Å²) in [6, 6.07) is 0. The summed E-state index contributed by atoms with van der Waals surface area (Å²) in [5, 5.41) is 7.35. The molecule has 0 amide bonds. The Morgan fingerprint density at radius 1 is 1.20 bits per heavy atom. The molecule has 0 saturated carbocycles. The molecule has 0 aliphatic carbocycles. The lowest BCUT2D eigenvalue weighted by Gasteiger charge is -2.19. The van der Waals surface area contributed by atoms with Crippen molar-refractivity contribution in [2.75, 3.05) is 0 Å². The maximum absolute atomic E-state index is 13.0. The van der Waals surface area contributed by atoms with Crippen molar-refractivity contribution in [3.8, 4) is 0 Å². The lowest BCUT2D eigenvalue weighted by Crippen LogP contribution is -2.26. The first-order chi connectivity index (χ1) is 9.27. The number of carbonyl (C=O) groups is 1. The first kappa shape index (κ1) is 14.1. The lowest BCUT2D eigenvalue weighted by molar-refractivity contribution is -0.207. The number of halogens is 3. The number of nitrogens with zero attached hydrogens (tertiary/aromatic N) is 4. The Morgan fingerprint density at radius 2 is 1.80 bits per heavy atom. The van der Waals surface area contributed by atoms with Gasteiger partial charge in [0.1, 0.15) is 0 Å². The molecule has 0 aliphatic heterocycles. The minimum atomic E-state index is -4.72. The molecule has 2 aromatic rings. The third kappa shape index (κ3) is 2.98. The summed E-state index contributed by atoms with van der Waals surface area (Å²) in [5.74, 6) is -1.09. The van der Waals surface area contributed by atoms with Crippen molar-refractivity contribution in [1.82, 2.24) is 19.6 Å². The van der Waals surface area contributed by atoms with Crippen molar-refractivity contribution in [3.63, 3.8) is 0 Å². The lowest BCUT2D eigenvalue weighted by atomic mass is 10.2. The van der Waals surface area contributed by atoms with E-state index in [2.05, 4.69) is 14.9 Å². The van der Waals surface area contributed by atoms with Crippen LogP contribution in [0.3, 0.4) is 0 Å². The number of carbonyl (C=O) groups excluding carboxylic acids is 1. The molecule has 2 aromatic heterocycles. The van der Waals surface area contributed by atoms with Gasteiger partial charge < -0.3 is 4.74 Å². The van der Waals surface area contributed by atoms with Gasteiger partial charge in [0, 0.05) is 32.1 Å². The Hall–Kier alpha value is -2.32. The van der Waals surface area contributed by atoms with Crippen LogP contribution in [0.1, 0.15) is 22.0 Å². The molecule has 0 bridgehead atoms. The molecular weight excluding hydrogens is 277 g/mol. The molecule has 108 valence electrons. The van der Waals surface area contributed by atoms with Crippen molar-refractivity contribution in [3.05, 3.63) is 35.9 Å². The molecule has 9 heteroatoms. The molecular formula is C11H11F3N4O2. The van der Waals surface area contributed by atoms with Crippen LogP contribution in [-0.4, -0.2) is 31.7 Å². The number of esters is 1. The Kier molecular flexibility index (Phi) is 3.51. The van der Waals surface area contributed by atoms with Crippen LogP contribution in [0.5, 0.6) is 0 Å². The van der Waals surface area contributed by atoms with Crippen molar-refractivity contribution in [1.29, 1.82) is 0 Å². The Labute approximate surface area is 111 Å². The van der Waals surface area contributed by atoms with Gasteiger partial charge in [-0.25, -0.2) is 4.79 Å². The van der Waals surface area contributed by atoms with Crippen molar-refractivity contribution in [2.45, 2.75) is 12.3 Å². The molecule has 0 spiro atoms. The van der Waals surface area contributed by atoms with E-state index in [9.17, 15) is 18.0 Å². The fourth-order valence-corrected chi connectivity index (χ4v) is 1.60. The van der Waals surface area contributed by atoms with Crippen LogP contribution in [0.15, 0.2) is 24.8 Å². The van der Waals surface area contributed by atoms with Gasteiger partial charge in [-0.1, -0.05) is 0 Å². The third-order valence-electron chi connectivity index (χ3n) is 2.49. The number of aromatic nitrogens is 4. The number of rotatable bonds is 3. The van der Waals surface area contributed by atoms with Gasteiger partial charge in [-0.2, -0.15) is 23.4 Å². The SMILES string of the molecule is Cn1cc(C(=O)OC(c2cnn(C)c2)C(F)(F)F)cn1. The summed E-state index contributed by atoms with van der Waals surface area (Å²) in [5.41, 5.74) is -0.289. The highest BCUT2D eigenvalue weighted by atomic mass is 19.4. The third-order valence-corrected chi connectivity index (χ3v) is 2.49. The smallest absolute Gasteiger partial charge is 0.429 e. The van der Waals surface area contributed by atoms with Crippen LogP contribution in [0.2, 0.25) is 0 Å². The van der Waals surface area contributed by atoms with E-state index in [0.717, 1.165) is 18.6 Å². The molecule has 0 radical (unpaired) electrons. The van der Waals surface area contributed by atoms with Gasteiger partial charge in [-0.3, -0.25) is 9.36 Å². The molecule has 6 nitrogen and oxygen atoms in total. The van der Waals surface area contributed by atoms with Gasteiger partial charge in [0.25, 0.3) is 0 Å². The maximum Gasteiger partial charge on any atom is 0.429 e. The van der Waals surface area contributed by atoms with Gasteiger partial charge >= 0.3 is 12.1 Å². The normalized spacial score (nSPS) is 13.2. The van der Waals surface area contributed by atoms with Crippen molar-refractivity contribution in [2.24, 2.45) is 14.1 Å². The molecule has 0 fully saturated rings. The second kappa shape index (κ2) is 4.99. The number of ether oxygens (including phenoxy) is 1. The monoisotopic (exact) mass is 288 g/mol. The Morgan fingerprint density at radius 3 is 2.25 bits per heavy atom. The number of hydrogen-bond donors (Lipinski definition) is 0. The number of aryl methyl sites for hydroxylation is 2. The number of alkyl halides is 3. The molecule has 20 heavy (non-hydrogen) atoms. The van der Waals surface area contributed by atoms with Crippen LogP contribution in [-0.2, 0) is 18.8 Å². The molecule has 0 saturated heterocycles. The van der Waals surface area contributed by atoms with Gasteiger partial charge in [-0.15, -0.1) is 0 Å². The molecule has 0 aromatic carbocycles. The topological polar surface area (TPSA) is 61.9 Å². The molecule has 0 N–H and O–H groups in total. The largest absolute Gasteiger partial charge is 0.444 e. The van der Waals surface area contributed by atoms with Gasteiger partial charge in [-0.05, 0) is 0 Å². The van der Waals surface area contributed by atoms with Crippen molar-refractivity contribution < 1.29 is 22.7 Å². The predicted molar refractivity (Wildman–Crippen MR) is 60.6 cm³/mol. The molecule has 2 rings (SSSR count). The Bertz CT molecular complexity index is 617. The average molecular weight is 288 g/mol. The minimum absolute atomic E-state index is 0.0503. The van der Waals surface area contributed by atoms with Crippen LogP contribution < -0.4 is 0 Å². The molecule has 2 heterocycles. The highest BCUT2D eigenvalue weighted by Gasteiger charge is 2.45. The predicted octanol–water partition coefficient (Wildman–Crippen LogP) is 1.61. The summed E-state index contributed by atoms with van der Waals surface area (Å²) in [6.07, 6.45) is -2.51. The van der Waals surface area contributed by atoms with Gasteiger partial charge in [0.15, 0.2) is 0 Å². The van der Waals surface area contributed by atoms with E-state index < -0.39 is 18.2 Å². The molecule has 1 atom stereocenters.